The van der Waals surface area contributed by atoms with Gasteiger partial charge in [0.2, 0.25) is 0 Å². The first-order valence-electron chi connectivity index (χ1n) is 4.86. The van der Waals surface area contributed by atoms with Crippen LogP contribution in [0.3, 0.4) is 0 Å². The van der Waals surface area contributed by atoms with Gasteiger partial charge < -0.3 is 19.8 Å². The topological polar surface area (TPSA) is 51.6 Å². The fraction of sp³-hybridized carbons (Fsp3) is 0.600. The third-order valence-corrected chi connectivity index (χ3v) is 2.57. The molecule has 2 unspecified atom stereocenters. The summed E-state index contributed by atoms with van der Waals surface area (Å²) >= 11 is 0. The molecule has 1 saturated heterocycles. The van der Waals surface area contributed by atoms with Crippen molar-refractivity contribution >= 4 is 0 Å². The summed E-state index contributed by atoms with van der Waals surface area (Å²) in [5.41, 5.74) is 6.03. The highest BCUT2D eigenvalue weighted by Crippen LogP contribution is 2.19. The van der Waals surface area contributed by atoms with Crippen LogP contribution in [0.25, 0.3) is 0 Å². The Balaban J connectivity index is 2.00. The maximum absolute atomic E-state index is 6.03. The predicted octanol–water partition coefficient (Wildman–Crippen LogP) is 0.610. The molecule has 2 rings (SSSR count). The van der Waals surface area contributed by atoms with E-state index in [0.717, 1.165) is 25.5 Å². The molecule has 2 heterocycles. The van der Waals surface area contributed by atoms with Crippen molar-refractivity contribution in [2.45, 2.75) is 12.1 Å². The fourth-order valence-corrected chi connectivity index (χ4v) is 1.69. The quantitative estimate of drug-likeness (QED) is 0.753. The highest BCUT2D eigenvalue weighted by Gasteiger charge is 2.26. The Hall–Kier alpha value is -0.840. The van der Waals surface area contributed by atoms with E-state index in [4.69, 9.17) is 14.9 Å². The number of likely N-dealkylation sites (N-methyl/N-ethyl adjacent to an activating group) is 1. The lowest BCUT2D eigenvalue weighted by Gasteiger charge is -2.32. The van der Waals surface area contributed by atoms with Crippen molar-refractivity contribution in [1.82, 2.24) is 4.90 Å². The zero-order valence-corrected chi connectivity index (χ0v) is 8.35. The van der Waals surface area contributed by atoms with Gasteiger partial charge in [-0.3, -0.25) is 0 Å². The minimum absolute atomic E-state index is 0.0416. The number of morpholine rings is 1. The van der Waals surface area contributed by atoms with E-state index in [1.54, 1.807) is 6.26 Å². The second-order valence-electron chi connectivity index (χ2n) is 3.71. The van der Waals surface area contributed by atoms with Crippen LogP contribution in [0.15, 0.2) is 22.8 Å². The van der Waals surface area contributed by atoms with Crippen molar-refractivity contribution in [1.29, 1.82) is 0 Å². The van der Waals surface area contributed by atoms with Gasteiger partial charge in [0.1, 0.15) is 5.76 Å². The van der Waals surface area contributed by atoms with E-state index in [0.29, 0.717) is 0 Å². The molecule has 14 heavy (non-hydrogen) atoms. The molecular weight excluding hydrogens is 180 g/mol. The molecule has 0 aliphatic carbocycles. The molecule has 1 aliphatic rings. The highest BCUT2D eigenvalue weighted by molar-refractivity contribution is 5.06. The van der Waals surface area contributed by atoms with E-state index in [1.165, 1.54) is 0 Å². The lowest BCUT2D eigenvalue weighted by Crippen LogP contribution is -2.45. The number of ether oxygens (including phenoxy) is 1. The molecule has 1 aliphatic heterocycles. The van der Waals surface area contributed by atoms with Crippen molar-refractivity contribution in [3.63, 3.8) is 0 Å². The average Bonchev–Trinajstić information content (AvgIpc) is 2.69. The van der Waals surface area contributed by atoms with Crippen molar-refractivity contribution in [3.8, 4) is 0 Å². The Labute approximate surface area is 83.6 Å². The Kier molecular flexibility index (Phi) is 2.86. The molecule has 2 atom stereocenters. The maximum atomic E-state index is 6.03. The summed E-state index contributed by atoms with van der Waals surface area (Å²) in [6.07, 6.45) is 1.68. The molecule has 0 spiro atoms. The average molecular weight is 196 g/mol. The molecular formula is C10H16N2O2. The minimum atomic E-state index is -0.159. The number of nitrogens with two attached hydrogens (primary N) is 1. The second kappa shape index (κ2) is 4.13. The van der Waals surface area contributed by atoms with Gasteiger partial charge in [-0.1, -0.05) is 0 Å². The SMILES string of the molecule is CN1CCOC(C(N)c2ccco2)C1. The van der Waals surface area contributed by atoms with Crippen molar-refractivity contribution in [2.24, 2.45) is 5.73 Å². The third-order valence-electron chi connectivity index (χ3n) is 2.57. The van der Waals surface area contributed by atoms with E-state index >= 15 is 0 Å². The van der Waals surface area contributed by atoms with Crippen LogP contribution >= 0.6 is 0 Å². The van der Waals surface area contributed by atoms with Crippen LogP contribution in [-0.2, 0) is 4.74 Å². The van der Waals surface area contributed by atoms with Gasteiger partial charge in [0, 0.05) is 13.1 Å². The van der Waals surface area contributed by atoms with Gasteiger partial charge in [-0.25, -0.2) is 0 Å². The standard InChI is InChI=1S/C10H16N2O2/c1-12-4-6-14-9(7-12)10(11)8-3-2-5-13-8/h2-3,5,9-10H,4,6-7,11H2,1H3. The molecule has 4 nitrogen and oxygen atoms in total. The largest absolute Gasteiger partial charge is 0.468 e. The summed E-state index contributed by atoms with van der Waals surface area (Å²) in [7, 11) is 2.07. The second-order valence-corrected chi connectivity index (χ2v) is 3.71. The lowest BCUT2D eigenvalue weighted by atomic mass is 10.1. The molecule has 0 amide bonds. The zero-order valence-electron chi connectivity index (χ0n) is 8.35. The lowest BCUT2D eigenvalue weighted by molar-refractivity contribution is -0.0356. The van der Waals surface area contributed by atoms with Gasteiger partial charge in [0.05, 0.1) is 25.0 Å². The molecule has 0 radical (unpaired) electrons. The number of hydrogen-bond acceptors (Lipinski definition) is 4. The number of nitrogens with zero attached hydrogens (tertiary/aromatic N) is 1. The van der Waals surface area contributed by atoms with Crippen LogP contribution in [0.1, 0.15) is 11.8 Å². The summed E-state index contributed by atoms with van der Waals surface area (Å²) in [6, 6.07) is 3.58. The van der Waals surface area contributed by atoms with E-state index in [1.807, 2.05) is 12.1 Å². The summed E-state index contributed by atoms with van der Waals surface area (Å²) in [5, 5.41) is 0. The zero-order chi connectivity index (χ0) is 9.97. The fourth-order valence-electron chi connectivity index (χ4n) is 1.69. The van der Waals surface area contributed by atoms with Gasteiger partial charge in [0.25, 0.3) is 0 Å². The molecule has 1 aromatic heterocycles. The summed E-state index contributed by atoms with van der Waals surface area (Å²) in [5.74, 6) is 0.797. The molecule has 4 heteroatoms. The minimum Gasteiger partial charge on any atom is -0.468 e. The van der Waals surface area contributed by atoms with Crippen LogP contribution in [0.2, 0.25) is 0 Å². The molecule has 0 saturated carbocycles. The smallest absolute Gasteiger partial charge is 0.123 e. The van der Waals surface area contributed by atoms with E-state index in [9.17, 15) is 0 Å². The Morgan fingerprint density at radius 3 is 3.14 bits per heavy atom. The van der Waals surface area contributed by atoms with E-state index < -0.39 is 0 Å². The molecule has 0 aromatic carbocycles. The molecule has 2 N–H and O–H groups in total. The molecule has 1 aromatic rings. The normalized spacial score (nSPS) is 26.3. The number of furan rings is 1. The number of hydrogen-bond donors (Lipinski definition) is 1. The molecule has 78 valence electrons. The van der Waals surface area contributed by atoms with Crippen LogP contribution in [0.5, 0.6) is 0 Å². The molecule has 0 bridgehead atoms. The number of rotatable bonds is 2. The van der Waals surface area contributed by atoms with Crippen molar-refractivity contribution in [3.05, 3.63) is 24.2 Å². The van der Waals surface area contributed by atoms with Crippen LogP contribution in [0.4, 0.5) is 0 Å². The first kappa shape index (κ1) is 9.71. The first-order valence-corrected chi connectivity index (χ1v) is 4.86. The Bertz CT molecular complexity index is 274. The third kappa shape index (κ3) is 1.97. The van der Waals surface area contributed by atoms with Gasteiger partial charge >= 0.3 is 0 Å². The summed E-state index contributed by atoms with van der Waals surface area (Å²) in [4.78, 5) is 2.22. The molecule has 1 fully saturated rings. The monoisotopic (exact) mass is 196 g/mol. The first-order chi connectivity index (χ1) is 6.77. The van der Waals surface area contributed by atoms with Crippen LogP contribution in [0, 0.1) is 0 Å². The summed E-state index contributed by atoms with van der Waals surface area (Å²) in [6.45, 7) is 2.58. The summed E-state index contributed by atoms with van der Waals surface area (Å²) < 4.78 is 10.9. The van der Waals surface area contributed by atoms with E-state index in [-0.39, 0.29) is 12.1 Å². The maximum Gasteiger partial charge on any atom is 0.123 e. The van der Waals surface area contributed by atoms with Crippen LogP contribution in [-0.4, -0.2) is 37.7 Å². The van der Waals surface area contributed by atoms with E-state index in [2.05, 4.69) is 11.9 Å². The van der Waals surface area contributed by atoms with Gasteiger partial charge in [-0.05, 0) is 19.2 Å². The van der Waals surface area contributed by atoms with Gasteiger partial charge in [-0.15, -0.1) is 0 Å². The highest BCUT2D eigenvalue weighted by atomic mass is 16.5. The van der Waals surface area contributed by atoms with Crippen LogP contribution < -0.4 is 5.73 Å². The Morgan fingerprint density at radius 2 is 2.50 bits per heavy atom. The van der Waals surface area contributed by atoms with Crippen molar-refractivity contribution in [2.75, 3.05) is 26.7 Å². The van der Waals surface area contributed by atoms with Crippen molar-refractivity contribution < 1.29 is 9.15 Å². The van der Waals surface area contributed by atoms with Gasteiger partial charge in [-0.2, -0.15) is 0 Å². The Morgan fingerprint density at radius 1 is 1.64 bits per heavy atom. The predicted molar refractivity (Wildman–Crippen MR) is 52.9 cm³/mol. The van der Waals surface area contributed by atoms with Gasteiger partial charge in [0.15, 0.2) is 0 Å².